The Bertz CT molecular complexity index is 210. The van der Waals surface area contributed by atoms with E-state index in [9.17, 15) is 9.18 Å². The van der Waals surface area contributed by atoms with Crippen LogP contribution >= 0.6 is 0 Å². The lowest BCUT2D eigenvalue weighted by atomic mass is 9.88. The molecule has 0 aromatic heterocycles. The highest BCUT2D eigenvalue weighted by molar-refractivity contribution is 5.80. The number of halogens is 1. The molecule has 2 fully saturated rings. The van der Waals surface area contributed by atoms with Gasteiger partial charge >= 0.3 is 0 Å². The van der Waals surface area contributed by atoms with E-state index in [0.29, 0.717) is 12.1 Å². The molecule has 4 heteroatoms. The molecular weight excluding hydrogens is 171 g/mol. The van der Waals surface area contributed by atoms with E-state index in [0.717, 1.165) is 12.8 Å². The van der Waals surface area contributed by atoms with Crippen molar-refractivity contribution >= 4 is 5.91 Å². The van der Waals surface area contributed by atoms with Crippen molar-refractivity contribution in [3.05, 3.63) is 0 Å². The summed E-state index contributed by atoms with van der Waals surface area (Å²) >= 11 is 0. The first-order valence-corrected chi connectivity index (χ1v) is 4.91. The number of rotatable bonds is 3. The summed E-state index contributed by atoms with van der Waals surface area (Å²) in [5.41, 5.74) is 0. The Morgan fingerprint density at radius 2 is 2.38 bits per heavy atom. The van der Waals surface area contributed by atoms with Gasteiger partial charge in [-0.2, -0.15) is 0 Å². The molecule has 2 N–H and O–H groups in total. The molecule has 0 radical (unpaired) electrons. The Morgan fingerprint density at radius 3 is 2.92 bits per heavy atom. The van der Waals surface area contributed by atoms with Gasteiger partial charge in [0.1, 0.15) is 6.67 Å². The summed E-state index contributed by atoms with van der Waals surface area (Å²) in [5, 5.41) is 5.99. The van der Waals surface area contributed by atoms with Crippen LogP contribution in [0.2, 0.25) is 0 Å². The number of amides is 1. The number of hydrogen-bond donors (Lipinski definition) is 2. The molecule has 0 saturated carbocycles. The van der Waals surface area contributed by atoms with Crippen LogP contribution in [0.25, 0.3) is 0 Å². The second-order valence-electron chi connectivity index (χ2n) is 3.87. The number of fused-ring (bicyclic) bond motifs is 2. The smallest absolute Gasteiger partial charge is 0.224 e. The highest BCUT2D eigenvalue weighted by atomic mass is 19.1. The topological polar surface area (TPSA) is 41.1 Å². The van der Waals surface area contributed by atoms with Crippen LogP contribution in [0.4, 0.5) is 4.39 Å². The quantitative estimate of drug-likeness (QED) is 0.661. The predicted molar refractivity (Wildman–Crippen MR) is 47.0 cm³/mol. The minimum Gasteiger partial charge on any atom is -0.353 e. The molecule has 0 aromatic rings. The molecule has 2 aliphatic rings. The third-order valence-corrected chi connectivity index (χ3v) is 3.03. The van der Waals surface area contributed by atoms with E-state index >= 15 is 0 Å². The molecule has 3 atom stereocenters. The van der Waals surface area contributed by atoms with E-state index in [-0.39, 0.29) is 18.4 Å². The number of nitrogens with one attached hydrogen (secondary N) is 2. The van der Waals surface area contributed by atoms with Gasteiger partial charge < -0.3 is 10.6 Å². The van der Waals surface area contributed by atoms with E-state index in [1.54, 1.807) is 0 Å². The summed E-state index contributed by atoms with van der Waals surface area (Å²) in [5.74, 6) is 0.114. The zero-order chi connectivity index (χ0) is 9.26. The van der Waals surface area contributed by atoms with Crippen molar-refractivity contribution in [3.63, 3.8) is 0 Å². The predicted octanol–water partition coefficient (Wildman–Crippen LogP) is 0.213. The van der Waals surface area contributed by atoms with Crippen LogP contribution in [-0.2, 0) is 4.79 Å². The zero-order valence-electron chi connectivity index (χ0n) is 7.55. The molecule has 3 nitrogen and oxygen atoms in total. The maximum absolute atomic E-state index is 11.8. The van der Waals surface area contributed by atoms with Gasteiger partial charge in [-0.15, -0.1) is 0 Å². The molecule has 2 bridgehead atoms. The minimum atomic E-state index is -0.472. The summed E-state index contributed by atoms with van der Waals surface area (Å²) in [7, 11) is 0. The van der Waals surface area contributed by atoms with Crippen molar-refractivity contribution in [1.29, 1.82) is 0 Å². The molecule has 13 heavy (non-hydrogen) atoms. The molecule has 2 saturated heterocycles. The Labute approximate surface area is 77.1 Å². The van der Waals surface area contributed by atoms with E-state index in [1.807, 2.05) is 0 Å². The van der Waals surface area contributed by atoms with Gasteiger partial charge in [0.2, 0.25) is 5.91 Å². The van der Waals surface area contributed by atoms with Crippen LogP contribution in [0.15, 0.2) is 0 Å². The highest BCUT2D eigenvalue weighted by Crippen LogP contribution is 2.33. The molecule has 2 aliphatic heterocycles. The third-order valence-electron chi connectivity index (χ3n) is 3.03. The van der Waals surface area contributed by atoms with E-state index in [2.05, 4.69) is 10.6 Å². The zero-order valence-corrected chi connectivity index (χ0v) is 7.55. The lowest BCUT2D eigenvalue weighted by molar-refractivity contribution is -0.125. The van der Waals surface area contributed by atoms with Crippen molar-refractivity contribution in [1.82, 2.24) is 10.6 Å². The summed E-state index contributed by atoms with van der Waals surface area (Å²) in [6.45, 7) is -0.313. The molecule has 0 aliphatic carbocycles. The average molecular weight is 186 g/mol. The van der Waals surface area contributed by atoms with Crippen molar-refractivity contribution < 1.29 is 9.18 Å². The van der Waals surface area contributed by atoms with E-state index in [1.165, 1.54) is 6.42 Å². The Morgan fingerprint density at radius 1 is 1.54 bits per heavy atom. The third kappa shape index (κ3) is 1.68. The molecule has 0 spiro atoms. The van der Waals surface area contributed by atoms with E-state index in [4.69, 9.17) is 0 Å². The van der Waals surface area contributed by atoms with Crippen molar-refractivity contribution in [2.45, 2.75) is 31.3 Å². The Kier molecular flexibility index (Phi) is 2.49. The second kappa shape index (κ2) is 3.62. The van der Waals surface area contributed by atoms with Gasteiger partial charge in [-0.3, -0.25) is 4.79 Å². The minimum absolute atomic E-state index is 0.0253. The molecule has 74 valence electrons. The van der Waals surface area contributed by atoms with Crippen molar-refractivity contribution in [2.24, 2.45) is 5.92 Å². The van der Waals surface area contributed by atoms with Gasteiger partial charge in [-0.25, -0.2) is 4.39 Å². The lowest BCUT2D eigenvalue weighted by Gasteiger charge is -2.18. The number of hydrogen-bond acceptors (Lipinski definition) is 2. The Balaban J connectivity index is 1.84. The fraction of sp³-hybridized carbons (Fsp3) is 0.889. The molecule has 1 amide bonds. The van der Waals surface area contributed by atoms with Crippen LogP contribution in [0.5, 0.6) is 0 Å². The molecular formula is C9H15FN2O. The maximum Gasteiger partial charge on any atom is 0.224 e. The highest BCUT2D eigenvalue weighted by Gasteiger charge is 2.42. The van der Waals surface area contributed by atoms with Gasteiger partial charge in [0.15, 0.2) is 0 Å². The maximum atomic E-state index is 11.8. The van der Waals surface area contributed by atoms with Gasteiger partial charge in [-0.1, -0.05) is 0 Å². The van der Waals surface area contributed by atoms with E-state index < -0.39 is 6.67 Å². The summed E-state index contributed by atoms with van der Waals surface area (Å²) < 4.78 is 11.8. The largest absolute Gasteiger partial charge is 0.353 e. The van der Waals surface area contributed by atoms with Gasteiger partial charge in [-0.05, 0) is 19.3 Å². The number of carbonyl (C=O) groups is 1. The SMILES string of the molecule is O=C(NCCF)C1CC2CCC1N2. The monoisotopic (exact) mass is 186 g/mol. The fourth-order valence-corrected chi connectivity index (χ4v) is 2.42. The summed E-state index contributed by atoms with van der Waals surface area (Å²) in [4.78, 5) is 11.5. The van der Waals surface area contributed by atoms with Gasteiger partial charge in [0.25, 0.3) is 0 Å². The number of alkyl halides is 1. The Hall–Kier alpha value is -0.640. The van der Waals surface area contributed by atoms with Crippen molar-refractivity contribution in [3.8, 4) is 0 Å². The molecule has 2 heterocycles. The van der Waals surface area contributed by atoms with Crippen LogP contribution in [0, 0.1) is 5.92 Å². The standard InChI is InChI=1S/C9H15FN2O/c10-3-4-11-9(13)7-5-6-1-2-8(7)12-6/h6-8,12H,1-5H2,(H,11,13). The summed E-state index contributed by atoms with van der Waals surface area (Å²) in [6, 6.07) is 0.885. The molecule has 0 aromatic carbocycles. The van der Waals surface area contributed by atoms with Gasteiger partial charge in [0.05, 0.1) is 5.92 Å². The molecule has 3 unspecified atom stereocenters. The van der Waals surface area contributed by atoms with Crippen LogP contribution in [-0.4, -0.2) is 31.2 Å². The van der Waals surface area contributed by atoms with Gasteiger partial charge in [0, 0.05) is 18.6 Å². The second-order valence-corrected chi connectivity index (χ2v) is 3.87. The first kappa shape index (κ1) is 8.94. The number of carbonyl (C=O) groups excluding carboxylic acids is 1. The normalized spacial score (nSPS) is 36.5. The lowest BCUT2D eigenvalue weighted by Crippen LogP contribution is -2.38. The fourth-order valence-electron chi connectivity index (χ4n) is 2.42. The van der Waals surface area contributed by atoms with Crippen molar-refractivity contribution in [2.75, 3.05) is 13.2 Å². The molecule has 2 rings (SSSR count). The average Bonchev–Trinajstić information content (AvgIpc) is 2.74. The van der Waals surface area contributed by atoms with Crippen LogP contribution in [0.1, 0.15) is 19.3 Å². The van der Waals surface area contributed by atoms with Crippen LogP contribution in [0.3, 0.4) is 0 Å². The first-order chi connectivity index (χ1) is 6.31. The summed E-state index contributed by atoms with van der Waals surface area (Å²) in [6.07, 6.45) is 3.22. The van der Waals surface area contributed by atoms with Crippen LogP contribution < -0.4 is 10.6 Å². The first-order valence-electron chi connectivity index (χ1n) is 4.91.